The number of carbonyl (C=O) groups is 1. The summed E-state index contributed by atoms with van der Waals surface area (Å²) >= 11 is 0. The van der Waals surface area contributed by atoms with Crippen LogP contribution < -0.4 is 4.90 Å². The third-order valence-corrected chi connectivity index (χ3v) is 1.92. The van der Waals surface area contributed by atoms with Crippen molar-refractivity contribution in [3.63, 3.8) is 0 Å². The van der Waals surface area contributed by atoms with Gasteiger partial charge in [-0.2, -0.15) is 0 Å². The van der Waals surface area contributed by atoms with Gasteiger partial charge in [-0.1, -0.05) is 12.2 Å². The molecule has 0 radical (unpaired) electrons. The standard InChI is InChI=1S/C11H15N3O/c1-4-14(7-9(2)3)11-12-5-10(8-15)6-13-11/h5-6,8H,2,4,7H2,1,3H3. The Balaban J connectivity index is 2.82. The van der Waals surface area contributed by atoms with Crippen LogP contribution in [0, 0.1) is 0 Å². The number of nitrogens with zero attached hydrogens (tertiary/aromatic N) is 3. The van der Waals surface area contributed by atoms with Crippen molar-refractivity contribution in [3.8, 4) is 0 Å². The van der Waals surface area contributed by atoms with Gasteiger partial charge in [-0.3, -0.25) is 4.79 Å². The quantitative estimate of drug-likeness (QED) is 0.542. The summed E-state index contributed by atoms with van der Waals surface area (Å²) in [4.78, 5) is 20.7. The predicted octanol–water partition coefficient (Wildman–Crippen LogP) is 1.69. The minimum atomic E-state index is 0.491. The molecule has 0 atom stereocenters. The van der Waals surface area contributed by atoms with Crippen molar-refractivity contribution in [3.05, 3.63) is 30.1 Å². The van der Waals surface area contributed by atoms with Crippen LogP contribution >= 0.6 is 0 Å². The van der Waals surface area contributed by atoms with Crippen molar-refractivity contribution in [2.75, 3.05) is 18.0 Å². The molecule has 0 aromatic carbocycles. The molecule has 80 valence electrons. The average molecular weight is 205 g/mol. The van der Waals surface area contributed by atoms with Crippen LogP contribution in [0.15, 0.2) is 24.5 Å². The molecule has 4 heteroatoms. The largest absolute Gasteiger partial charge is 0.337 e. The number of hydrogen-bond donors (Lipinski definition) is 0. The second kappa shape index (κ2) is 5.24. The Bertz CT molecular complexity index is 345. The summed E-state index contributed by atoms with van der Waals surface area (Å²) in [6.07, 6.45) is 3.78. The molecule has 0 bridgehead atoms. The van der Waals surface area contributed by atoms with Crippen LogP contribution in [-0.2, 0) is 0 Å². The molecule has 15 heavy (non-hydrogen) atoms. The zero-order valence-electron chi connectivity index (χ0n) is 9.10. The molecule has 1 heterocycles. The first-order valence-electron chi connectivity index (χ1n) is 4.84. The number of aromatic nitrogens is 2. The molecule has 1 rings (SSSR count). The molecule has 0 saturated carbocycles. The van der Waals surface area contributed by atoms with E-state index in [0.717, 1.165) is 24.9 Å². The highest BCUT2D eigenvalue weighted by molar-refractivity contribution is 5.73. The fraction of sp³-hybridized carbons (Fsp3) is 0.364. The van der Waals surface area contributed by atoms with Crippen LogP contribution in [0.3, 0.4) is 0 Å². The zero-order chi connectivity index (χ0) is 11.3. The summed E-state index contributed by atoms with van der Waals surface area (Å²) < 4.78 is 0. The lowest BCUT2D eigenvalue weighted by Crippen LogP contribution is -2.26. The van der Waals surface area contributed by atoms with E-state index in [1.165, 1.54) is 12.4 Å². The van der Waals surface area contributed by atoms with Gasteiger partial charge in [-0.25, -0.2) is 9.97 Å². The first-order chi connectivity index (χ1) is 7.17. The van der Waals surface area contributed by atoms with Gasteiger partial charge >= 0.3 is 0 Å². The summed E-state index contributed by atoms with van der Waals surface area (Å²) in [6, 6.07) is 0. The van der Waals surface area contributed by atoms with Gasteiger partial charge in [-0.15, -0.1) is 0 Å². The molecule has 0 aliphatic carbocycles. The van der Waals surface area contributed by atoms with Crippen LogP contribution in [-0.4, -0.2) is 29.3 Å². The Morgan fingerprint density at radius 3 is 2.53 bits per heavy atom. The fourth-order valence-electron chi connectivity index (χ4n) is 1.21. The normalized spacial score (nSPS) is 9.73. The molecule has 0 saturated heterocycles. The number of anilines is 1. The van der Waals surface area contributed by atoms with Crippen molar-refractivity contribution >= 4 is 12.2 Å². The van der Waals surface area contributed by atoms with Gasteiger partial charge in [0.15, 0.2) is 6.29 Å². The van der Waals surface area contributed by atoms with Gasteiger partial charge in [0.05, 0.1) is 5.56 Å². The van der Waals surface area contributed by atoms with Gasteiger partial charge in [0, 0.05) is 25.5 Å². The third kappa shape index (κ3) is 3.16. The minimum absolute atomic E-state index is 0.491. The average Bonchev–Trinajstić information content (AvgIpc) is 2.26. The number of likely N-dealkylation sites (N-methyl/N-ethyl adjacent to an activating group) is 1. The Hall–Kier alpha value is -1.71. The van der Waals surface area contributed by atoms with Gasteiger partial charge < -0.3 is 4.90 Å². The van der Waals surface area contributed by atoms with E-state index in [-0.39, 0.29) is 0 Å². The van der Waals surface area contributed by atoms with E-state index in [1.54, 1.807) is 0 Å². The molecule has 0 aliphatic rings. The van der Waals surface area contributed by atoms with Crippen molar-refractivity contribution < 1.29 is 4.79 Å². The summed E-state index contributed by atoms with van der Waals surface area (Å²) in [7, 11) is 0. The molecule has 4 nitrogen and oxygen atoms in total. The van der Waals surface area contributed by atoms with Crippen LogP contribution in [0.5, 0.6) is 0 Å². The van der Waals surface area contributed by atoms with E-state index < -0.39 is 0 Å². The number of aldehydes is 1. The third-order valence-electron chi connectivity index (χ3n) is 1.92. The van der Waals surface area contributed by atoms with Gasteiger partial charge in [0.25, 0.3) is 0 Å². The van der Waals surface area contributed by atoms with E-state index in [2.05, 4.69) is 16.5 Å². The van der Waals surface area contributed by atoms with Crippen LogP contribution in [0.2, 0.25) is 0 Å². The highest BCUT2D eigenvalue weighted by atomic mass is 16.1. The summed E-state index contributed by atoms with van der Waals surface area (Å²) in [6.45, 7) is 9.38. The lowest BCUT2D eigenvalue weighted by molar-refractivity contribution is 0.112. The topological polar surface area (TPSA) is 46.1 Å². The first-order valence-corrected chi connectivity index (χ1v) is 4.84. The summed E-state index contributed by atoms with van der Waals surface area (Å²) in [5.41, 5.74) is 1.55. The van der Waals surface area contributed by atoms with E-state index in [9.17, 15) is 4.79 Å². The molecule has 1 aromatic heterocycles. The molecule has 0 N–H and O–H groups in total. The zero-order valence-corrected chi connectivity index (χ0v) is 9.10. The Kier molecular flexibility index (Phi) is 3.97. The second-order valence-electron chi connectivity index (χ2n) is 3.41. The highest BCUT2D eigenvalue weighted by Gasteiger charge is 2.06. The minimum Gasteiger partial charge on any atom is -0.337 e. The highest BCUT2D eigenvalue weighted by Crippen LogP contribution is 2.07. The number of rotatable bonds is 5. The maximum atomic E-state index is 10.4. The van der Waals surface area contributed by atoms with Gasteiger partial charge in [0.2, 0.25) is 5.95 Å². The Morgan fingerprint density at radius 1 is 1.53 bits per heavy atom. The van der Waals surface area contributed by atoms with Crippen LogP contribution in [0.4, 0.5) is 5.95 Å². The fourth-order valence-corrected chi connectivity index (χ4v) is 1.21. The molecule has 0 amide bonds. The summed E-state index contributed by atoms with van der Waals surface area (Å²) in [5.74, 6) is 0.631. The van der Waals surface area contributed by atoms with Gasteiger partial charge in [-0.05, 0) is 13.8 Å². The molecule has 0 aliphatic heterocycles. The molecule has 0 fully saturated rings. The molecular weight excluding hydrogens is 190 g/mol. The first kappa shape index (κ1) is 11.4. The molecule has 1 aromatic rings. The smallest absolute Gasteiger partial charge is 0.225 e. The van der Waals surface area contributed by atoms with E-state index >= 15 is 0 Å². The lowest BCUT2D eigenvalue weighted by Gasteiger charge is -2.20. The second-order valence-corrected chi connectivity index (χ2v) is 3.41. The van der Waals surface area contributed by atoms with Crippen molar-refractivity contribution in [1.82, 2.24) is 9.97 Å². The van der Waals surface area contributed by atoms with Crippen molar-refractivity contribution in [1.29, 1.82) is 0 Å². The predicted molar refractivity (Wildman–Crippen MR) is 60.1 cm³/mol. The SMILES string of the molecule is C=C(C)CN(CC)c1ncc(C=O)cn1. The van der Waals surface area contributed by atoms with Gasteiger partial charge in [0.1, 0.15) is 0 Å². The van der Waals surface area contributed by atoms with Crippen molar-refractivity contribution in [2.24, 2.45) is 0 Å². The van der Waals surface area contributed by atoms with E-state index in [0.29, 0.717) is 11.5 Å². The molecular formula is C11H15N3O. The van der Waals surface area contributed by atoms with Crippen molar-refractivity contribution in [2.45, 2.75) is 13.8 Å². The monoisotopic (exact) mass is 205 g/mol. The Morgan fingerprint density at radius 2 is 2.13 bits per heavy atom. The molecule has 0 unspecified atom stereocenters. The molecule has 0 spiro atoms. The van der Waals surface area contributed by atoms with Crippen LogP contribution in [0.25, 0.3) is 0 Å². The maximum absolute atomic E-state index is 10.4. The van der Waals surface area contributed by atoms with E-state index in [4.69, 9.17) is 0 Å². The summed E-state index contributed by atoms with van der Waals surface area (Å²) in [5, 5.41) is 0. The maximum Gasteiger partial charge on any atom is 0.225 e. The number of hydrogen-bond acceptors (Lipinski definition) is 4. The lowest BCUT2D eigenvalue weighted by atomic mass is 10.3. The number of carbonyl (C=O) groups excluding carboxylic acids is 1. The Labute approximate surface area is 89.7 Å². The van der Waals surface area contributed by atoms with E-state index in [1.807, 2.05) is 18.7 Å². The van der Waals surface area contributed by atoms with Crippen LogP contribution in [0.1, 0.15) is 24.2 Å².